The van der Waals surface area contributed by atoms with E-state index in [2.05, 4.69) is 15.0 Å². The molecule has 3 nitrogen and oxygen atoms in total. The Hall–Kier alpha value is -1.30. The summed E-state index contributed by atoms with van der Waals surface area (Å²) in [6, 6.07) is 3.35. The van der Waals surface area contributed by atoms with E-state index in [1.54, 1.807) is 6.92 Å². The monoisotopic (exact) mass is 262 g/mol. The average molecular weight is 262 g/mol. The number of aromatic nitrogens is 1. The van der Waals surface area contributed by atoms with Gasteiger partial charge in [-0.15, -0.1) is 0 Å². The number of alkyl halides is 3. The molecular weight excluding hydrogens is 245 g/mol. The first-order valence-corrected chi connectivity index (χ1v) is 5.78. The van der Waals surface area contributed by atoms with E-state index in [-0.39, 0.29) is 5.88 Å². The van der Waals surface area contributed by atoms with E-state index in [9.17, 15) is 13.2 Å². The minimum atomic E-state index is -4.34. The summed E-state index contributed by atoms with van der Waals surface area (Å²) in [7, 11) is 0. The molecule has 18 heavy (non-hydrogen) atoms. The highest BCUT2D eigenvalue weighted by molar-refractivity contribution is 5.24. The Bertz CT molecular complexity index is 380. The first kappa shape index (κ1) is 14.8. The van der Waals surface area contributed by atoms with Gasteiger partial charge in [-0.2, -0.15) is 13.2 Å². The van der Waals surface area contributed by atoms with Gasteiger partial charge in [0.15, 0.2) is 6.61 Å². The second-order valence-electron chi connectivity index (χ2n) is 4.04. The molecule has 0 unspecified atom stereocenters. The molecule has 6 heteroatoms. The van der Waals surface area contributed by atoms with Crippen molar-refractivity contribution in [3.8, 4) is 5.88 Å². The molecule has 0 atom stereocenters. The maximum absolute atomic E-state index is 12.0. The summed E-state index contributed by atoms with van der Waals surface area (Å²) in [5, 5.41) is 3.17. The first-order valence-electron chi connectivity index (χ1n) is 5.78. The lowest BCUT2D eigenvalue weighted by atomic mass is 10.2. The van der Waals surface area contributed by atoms with E-state index < -0.39 is 12.8 Å². The fraction of sp³-hybridized carbons (Fsp3) is 0.583. The lowest BCUT2D eigenvalue weighted by Crippen LogP contribution is -2.20. The van der Waals surface area contributed by atoms with Crippen LogP contribution in [0.4, 0.5) is 13.2 Å². The summed E-state index contributed by atoms with van der Waals surface area (Å²) in [4.78, 5) is 3.92. The molecule has 0 spiro atoms. The number of nitrogens with zero attached hydrogens (tertiary/aromatic N) is 1. The topological polar surface area (TPSA) is 34.2 Å². The van der Waals surface area contributed by atoms with Crippen molar-refractivity contribution in [2.24, 2.45) is 0 Å². The molecule has 0 aromatic carbocycles. The molecule has 102 valence electrons. The molecule has 0 aliphatic heterocycles. The third-order valence-electron chi connectivity index (χ3n) is 2.13. The van der Waals surface area contributed by atoms with Gasteiger partial charge in [-0.1, -0.05) is 6.92 Å². The highest BCUT2D eigenvalue weighted by Crippen LogP contribution is 2.18. The quantitative estimate of drug-likeness (QED) is 0.800. The lowest BCUT2D eigenvalue weighted by Gasteiger charge is -2.11. The van der Waals surface area contributed by atoms with Crippen molar-refractivity contribution in [2.45, 2.75) is 33.0 Å². The third kappa shape index (κ3) is 5.86. The number of aryl methyl sites for hydroxylation is 1. The molecule has 0 radical (unpaired) electrons. The zero-order chi connectivity index (χ0) is 13.6. The standard InChI is InChI=1S/C12H17F3N2O/c1-3-4-16-7-10-5-9(2)17-11(6-10)18-8-12(13,14)15/h5-6,16H,3-4,7-8H2,1-2H3. The van der Waals surface area contributed by atoms with E-state index in [1.165, 1.54) is 6.07 Å². The lowest BCUT2D eigenvalue weighted by molar-refractivity contribution is -0.154. The Morgan fingerprint density at radius 2 is 2.06 bits per heavy atom. The van der Waals surface area contributed by atoms with E-state index >= 15 is 0 Å². The summed E-state index contributed by atoms with van der Waals surface area (Å²) in [6.45, 7) is 3.91. The Labute approximate surface area is 104 Å². The highest BCUT2D eigenvalue weighted by atomic mass is 19.4. The van der Waals surface area contributed by atoms with E-state index in [0.29, 0.717) is 12.2 Å². The molecule has 0 bridgehead atoms. The van der Waals surface area contributed by atoms with Gasteiger partial charge in [-0.3, -0.25) is 0 Å². The summed E-state index contributed by atoms with van der Waals surface area (Å²) >= 11 is 0. The van der Waals surface area contributed by atoms with Crippen molar-refractivity contribution >= 4 is 0 Å². The molecule has 0 aliphatic rings. The smallest absolute Gasteiger partial charge is 0.422 e. The van der Waals surface area contributed by atoms with Crippen LogP contribution >= 0.6 is 0 Å². The highest BCUT2D eigenvalue weighted by Gasteiger charge is 2.28. The largest absolute Gasteiger partial charge is 0.468 e. The number of ether oxygens (including phenoxy) is 1. The minimum absolute atomic E-state index is 0.0145. The number of hydrogen-bond donors (Lipinski definition) is 1. The van der Waals surface area contributed by atoms with Gasteiger partial charge >= 0.3 is 6.18 Å². The van der Waals surface area contributed by atoms with Crippen molar-refractivity contribution in [3.05, 3.63) is 23.4 Å². The molecular formula is C12H17F3N2O. The summed E-state index contributed by atoms with van der Waals surface area (Å²) < 4.78 is 40.7. The van der Waals surface area contributed by atoms with Crippen LogP contribution in [-0.4, -0.2) is 24.3 Å². The van der Waals surface area contributed by atoms with Crippen molar-refractivity contribution in [2.75, 3.05) is 13.2 Å². The zero-order valence-corrected chi connectivity index (χ0v) is 10.5. The third-order valence-corrected chi connectivity index (χ3v) is 2.13. The number of hydrogen-bond acceptors (Lipinski definition) is 3. The molecule has 0 fully saturated rings. The molecule has 0 saturated carbocycles. The molecule has 1 N–H and O–H groups in total. The van der Waals surface area contributed by atoms with Crippen molar-refractivity contribution in [3.63, 3.8) is 0 Å². The summed E-state index contributed by atoms with van der Waals surface area (Å²) in [5.74, 6) is 0.0145. The Morgan fingerprint density at radius 3 is 2.67 bits per heavy atom. The molecule has 0 amide bonds. The van der Waals surface area contributed by atoms with Crippen molar-refractivity contribution in [1.82, 2.24) is 10.3 Å². The molecule has 1 aromatic heterocycles. The van der Waals surface area contributed by atoms with Gasteiger partial charge in [-0.05, 0) is 31.5 Å². The van der Waals surface area contributed by atoms with Crippen molar-refractivity contribution < 1.29 is 17.9 Å². The fourth-order valence-electron chi connectivity index (χ4n) is 1.45. The number of halogens is 3. The normalized spacial score (nSPS) is 11.6. The Morgan fingerprint density at radius 1 is 1.33 bits per heavy atom. The van der Waals surface area contributed by atoms with Crippen LogP contribution in [0.15, 0.2) is 12.1 Å². The predicted molar refractivity (Wildman–Crippen MR) is 62.5 cm³/mol. The van der Waals surface area contributed by atoms with Gasteiger partial charge < -0.3 is 10.1 Å². The maximum atomic E-state index is 12.0. The molecule has 1 heterocycles. The summed E-state index contributed by atoms with van der Waals surface area (Å²) in [5.41, 5.74) is 1.51. The molecule has 0 aliphatic carbocycles. The fourth-order valence-corrected chi connectivity index (χ4v) is 1.45. The van der Waals surface area contributed by atoms with Crippen LogP contribution in [0.5, 0.6) is 5.88 Å². The summed E-state index contributed by atoms with van der Waals surface area (Å²) in [6.07, 6.45) is -3.34. The molecule has 1 rings (SSSR count). The maximum Gasteiger partial charge on any atom is 0.422 e. The molecule has 1 aromatic rings. The SMILES string of the molecule is CCCNCc1cc(C)nc(OCC(F)(F)F)c1. The number of rotatable bonds is 6. The van der Waals surface area contributed by atoms with Gasteiger partial charge in [-0.25, -0.2) is 4.98 Å². The van der Waals surface area contributed by atoms with Crippen LogP contribution in [0.3, 0.4) is 0 Å². The van der Waals surface area contributed by atoms with Gasteiger partial charge in [0.2, 0.25) is 5.88 Å². The van der Waals surface area contributed by atoms with Gasteiger partial charge in [0.25, 0.3) is 0 Å². The number of nitrogens with one attached hydrogen (secondary N) is 1. The van der Waals surface area contributed by atoms with E-state index in [0.717, 1.165) is 18.5 Å². The van der Waals surface area contributed by atoms with Crippen molar-refractivity contribution in [1.29, 1.82) is 0 Å². The second kappa shape index (κ2) is 6.58. The van der Waals surface area contributed by atoms with Crippen LogP contribution in [0.1, 0.15) is 24.6 Å². The second-order valence-corrected chi connectivity index (χ2v) is 4.04. The van der Waals surface area contributed by atoms with Gasteiger partial charge in [0, 0.05) is 18.3 Å². The van der Waals surface area contributed by atoms with Crippen LogP contribution in [-0.2, 0) is 6.54 Å². The first-order chi connectivity index (χ1) is 8.40. The number of pyridine rings is 1. The predicted octanol–water partition coefficient (Wildman–Crippen LogP) is 2.83. The van der Waals surface area contributed by atoms with E-state index in [1.807, 2.05) is 13.0 Å². The Balaban J connectivity index is 2.62. The minimum Gasteiger partial charge on any atom is -0.468 e. The van der Waals surface area contributed by atoms with Crippen LogP contribution < -0.4 is 10.1 Å². The average Bonchev–Trinajstić information content (AvgIpc) is 2.25. The Kier molecular flexibility index (Phi) is 5.40. The zero-order valence-electron chi connectivity index (χ0n) is 10.5. The van der Waals surface area contributed by atoms with E-state index in [4.69, 9.17) is 0 Å². The van der Waals surface area contributed by atoms with Crippen LogP contribution in [0.2, 0.25) is 0 Å². The van der Waals surface area contributed by atoms with Crippen LogP contribution in [0.25, 0.3) is 0 Å². The van der Waals surface area contributed by atoms with Crippen LogP contribution in [0, 0.1) is 6.92 Å². The molecule has 0 saturated heterocycles. The van der Waals surface area contributed by atoms with Gasteiger partial charge in [0.05, 0.1) is 0 Å². The van der Waals surface area contributed by atoms with Gasteiger partial charge in [0.1, 0.15) is 0 Å².